The fraction of sp³-hybridized carbons (Fsp3) is 0.714. The Balaban J connectivity index is 3.96. The van der Waals surface area contributed by atoms with Gasteiger partial charge in [0.15, 0.2) is 0 Å². The van der Waals surface area contributed by atoms with Crippen LogP contribution < -0.4 is 5.32 Å². The first-order chi connectivity index (χ1) is 5.61. The summed E-state index contributed by atoms with van der Waals surface area (Å²) in [5.41, 5.74) is 0. The van der Waals surface area contributed by atoms with E-state index < -0.39 is 11.2 Å². The number of thioether (sulfide) groups is 1. The van der Waals surface area contributed by atoms with Gasteiger partial charge in [-0.3, -0.25) is 9.59 Å². The first-order valence-electron chi connectivity index (χ1n) is 3.64. The number of hydrogen-bond acceptors (Lipinski definition) is 3. The molecule has 4 nitrogen and oxygen atoms in total. The van der Waals surface area contributed by atoms with Gasteiger partial charge in [0.25, 0.3) is 0 Å². The highest BCUT2D eigenvalue weighted by atomic mass is 32.2. The first-order valence-corrected chi connectivity index (χ1v) is 4.92. The molecule has 0 aromatic heterocycles. The molecule has 0 aliphatic carbocycles. The summed E-state index contributed by atoms with van der Waals surface area (Å²) < 4.78 is 0. The summed E-state index contributed by atoms with van der Waals surface area (Å²) in [5, 5.41) is 10.5. The molecule has 0 bridgehead atoms. The summed E-state index contributed by atoms with van der Waals surface area (Å²) in [6.45, 7) is 2.34. The molecule has 0 fully saturated rings. The Bertz CT molecular complexity index is 172. The minimum Gasteiger partial charge on any atom is -0.481 e. The third-order valence-electron chi connectivity index (χ3n) is 1.29. The fourth-order valence-corrected chi connectivity index (χ4v) is 1.34. The second-order valence-corrected chi connectivity index (χ2v) is 3.26. The molecule has 5 heteroatoms. The Labute approximate surface area is 75.7 Å². The van der Waals surface area contributed by atoms with Crippen LogP contribution in [0, 0.1) is 0 Å². The predicted molar refractivity (Wildman–Crippen MR) is 48.2 cm³/mol. The molecule has 0 saturated heterocycles. The minimum atomic E-state index is -0.944. The van der Waals surface area contributed by atoms with Crippen molar-refractivity contribution in [3.05, 3.63) is 0 Å². The summed E-state index contributed by atoms with van der Waals surface area (Å²) in [6, 6.07) is 0. The van der Waals surface area contributed by atoms with Gasteiger partial charge >= 0.3 is 5.97 Å². The standard InChI is InChI=1S/C7H13NO3S/c1-3-8-7(11)5(12-2)4-6(9)10/h5H,3-4H2,1-2H3,(H,8,11)(H,9,10). The lowest BCUT2D eigenvalue weighted by Crippen LogP contribution is -2.33. The van der Waals surface area contributed by atoms with Crippen LogP contribution in [0.2, 0.25) is 0 Å². The van der Waals surface area contributed by atoms with Crippen molar-refractivity contribution in [2.45, 2.75) is 18.6 Å². The molecule has 1 unspecified atom stereocenters. The smallest absolute Gasteiger partial charge is 0.305 e. The predicted octanol–water partition coefficient (Wildman–Crippen LogP) is 0.329. The Morgan fingerprint density at radius 1 is 1.58 bits per heavy atom. The number of carboxylic acids is 1. The Hall–Kier alpha value is -0.710. The van der Waals surface area contributed by atoms with Crippen molar-refractivity contribution >= 4 is 23.6 Å². The quantitative estimate of drug-likeness (QED) is 0.657. The van der Waals surface area contributed by atoms with Gasteiger partial charge in [-0.1, -0.05) is 0 Å². The maximum atomic E-state index is 11.1. The summed E-state index contributed by atoms with van der Waals surface area (Å²) in [7, 11) is 0. The summed E-state index contributed by atoms with van der Waals surface area (Å²) in [6.07, 6.45) is 1.61. The highest BCUT2D eigenvalue weighted by Gasteiger charge is 2.19. The molecular formula is C7H13NO3S. The molecule has 1 atom stereocenters. The van der Waals surface area contributed by atoms with E-state index >= 15 is 0 Å². The number of rotatable bonds is 5. The number of aliphatic carboxylic acids is 1. The molecule has 0 heterocycles. The number of carboxylic acid groups (broad SMARTS) is 1. The summed E-state index contributed by atoms with van der Waals surface area (Å²) in [5.74, 6) is -1.15. The third-order valence-corrected chi connectivity index (χ3v) is 2.24. The van der Waals surface area contributed by atoms with Crippen molar-refractivity contribution in [3.63, 3.8) is 0 Å². The molecule has 0 aromatic carbocycles. The van der Waals surface area contributed by atoms with E-state index in [2.05, 4.69) is 5.32 Å². The van der Waals surface area contributed by atoms with E-state index in [0.29, 0.717) is 6.54 Å². The zero-order valence-corrected chi connectivity index (χ0v) is 7.98. The SMILES string of the molecule is CCNC(=O)C(CC(=O)O)SC. The number of carbonyl (C=O) groups is 2. The normalized spacial score (nSPS) is 12.2. The van der Waals surface area contributed by atoms with Gasteiger partial charge in [0.1, 0.15) is 0 Å². The summed E-state index contributed by atoms with van der Waals surface area (Å²) >= 11 is 1.25. The largest absolute Gasteiger partial charge is 0.481 e. The van der Waals surface area contributed by atoms with Crippen molar-refractivity contribution in [2.24, 2.45) is 0 Å². The monoisotopic (exact) mass is 191 g/mol. The Morgan fingerprint density at radius 2 is 2.17 bits per heavy atom. The molecule has 70 valence electrons. The van der Waals surface area contributed by atoms with Crippen molar-refractivity contribution in [1.29, 1.82) is 0 Å². The van der Waals surface area contributed by atoms with E-state index in [-0.39, 0.29) is 12.3 Å². The topological polar surface area (TPSA) is 66.4 Å². The number of hydrogen-bond donors (Lipinski definition) is 2. The lowest BCUT2D eigenvalue weighted by molar-refractivity contribution is -0.138. The lowest BCUT2D eigenvalue weighted by atomic mass is 10.3. The van der Waals surface area contributed by atoms with Crippen molar-refractivity contribution in [1.82, 2.24) is 5.32 Å². The van der Waals surface area contributed by atoms with Gasteiger partial charge < -0.3 is 10.4 Å². The van der Waals surface area contributed by atoms with Crippen molar-refractivity contribution < 1.29 is 14.7 Å². The van der Waals surface area contributed by atoms with E-state index in [1.165, 1.54) is 11.8 Å². The van der Waals surface area contributed by atoms with Gasteiger partial charge in [-0.05, 0) is 13.2 Å². The van der Waals surface area contributed by atoms with Gasteiger partial charge in [0.2, 0.25) is 5.91 Å². The van der Waals surface area contributed by atoms with Gasteiger partial charge in [0.05, 0.1) is 11.7 Å². The van der Waals surface area contributed by atoms with Crippen LogP contribution in [0.3, 0.4) is 0 Å². The number of carbonyl (C=O) groups excluding carboxylic acids is 1. The van der Waals surface area contributed by atoms with Crippen LogP contribution in [0.4, 0.5) is 0 Å². The molecule has 2 N–H and O–H groups in total. The van der Waals surface area contributed by atoms with E-state index in [1.807, 2.05) is 0 Å². The van der Waals surface area contributed by atoms with Crippen LogP contribution in [0.1, 0.15) is 13.3 Å². The van der Waals surface area contributed by atoms with E-state index in [0.717, 1.165) is 0 Å². The Kier molecular flexibility index (Phi) is 5.53. The number of amides is 1. The molecule has 0 aromatic rings. The lowest BCUT2D eigenvalue weighted by Gasteiger charge is -2.10. The highest BCUT2D eigenvalue weighted by molar-refractivity contribution is 7.99. The fourth-order valence-electron chi connectivity index (χ4n) is 0.730. The van der Waals surface area contributed by atoms with Crippen molar-refractivity contribution in [3.8, 4) is 0 Å². The molecule has 12 heavy (non-hydrogen) atoms. The second kappa shape index (κ2) is 5.88. The van der Waals surface area contributed by atoms with E-state index in [1.54, 1.807) is 13.2 Å². The van der Waals surface area contributed by atoms with Crippen LogP contribution in [-0.2, 0) is 9.59 Å². The van der Waals surface area contributed by atoms with Gasteiger partial charge in [-0.2, -0.15) is 11.8 Å². The zero-order chi connectivity index (χ0) is 9.56. The molecule has 0 aliphatic rings. The van der Waals surface area contributed by atoms with Gasteiger partial charge in [0, 0.05) is 6.54 Å². The zero-order valence-electron chi connectivity index (χ0n) is 7.16. The molecular weight excluding hydrogens is 178 g/mol. The molecule has 1 amide bonds. The average Bonchev–Trinajstić information content (AvgIpc) is 2.00. The van der Waals surface area contributed by atoms with Crippen LogP contribution in [0.15, 0.2) is 0 Å². The molecule has 0 saturated carbocycles. The van der Waals surface area contributed by atoms with Crippen LogP contribution in [0.5, 0.6) is 0 Å². The van der Waals surface area contributed by atoms with Gasteiger partial charge in [-0.25, -0.2) is 0 Å². The van der Waals surface area contributed by atoms with Crippen LogP contribution in [-0.4, -0.2) is 35.0 Å². The third kappa shape index (κ3) is 4.23. The second-order valence-electron chi connectivity index (χ2n) is 2.22. The average molecular weight is 191 g/mol. The van der Waals surface area contributed by atoms with Crippen molar-refractivity contribution in [2.75, 3.05) is 12.8 Å². The van der Waals surface area contributed by atoms with E-state index in [4.69, 9.17) is 5.11 Å². The Morgan fingerprint density at radius 3 is 2.50 bits per heavy atom. The minimum absolute atomic E-state index is 0.118. The van der Waals surface area contributed by atoms with Crippen LogP contribution >= 0.6 is 11.8 Å². The van der Waals surface area contributed by atoms with E-state index in [9.17, 15) is 9.59 Å². The molecule has 0 aliphatic heterocycles. The number of nitrogens with one attached hydrogen (secondary N) is 1. The first kappa shape index (κ1) is 11.3. The van der Waals surface area contributed by atoms with Crippen LogP contribution in [0.25, 0.3) is 0 Å². The summed E-state index contributed by atoms with van der Waals surface area (Å²) in [4.78, 5) is 21.4. The molecule has 0 radical (unpaired) electrons. The maximum absolute atomic E-state index is 11.1. The highest BCUT2D eigenvalue weighted by Crippen LogP contribution is 2.10. The molecule has 0 spiro atoms. The van der Waals surface area contributed by atoms with Gasteiger partial charge in [-0.15, -0.1) is 0 Å². The maximum Gasteiger partial charge on any atom is 0.305 e. The molecule has 0 rings (SSSR count).